The van der Waals surface area contributed by atoms with Crippen molar-refractivity contribution in [2.75, 3.05) is 19.5 Å². The Labute approximate surface area is 95.8 Å². The Morgan fingerprint density at radius 3 is 2.44 bits per heavy atom. The van der Waals surface area contributed by atoms with Crippen molar-refractivity contribution >= 4 is 9.84 Å². The highest BCUT2D eigenvalue weighted by Crippen LogP contribution is 2.29. The fourth-order valence-electron chi connectivity index (χ4n) is 1.69. The van der Waals surface area contributed by atoms with E-state index in [9.17, 15) is 8.42 Å². The molecule has 90 valence electrons. The number of hydrogen-bond acceptors (Lipinski definition) is 4. The molecular formula is C11H16O4S. The predicted molar refractivity (Wildman–Crippen MR) is 61.6 cm³/mol. The van der Waals surface area contributed by atoms with Crippen molar-refractivity contribution in [3.8, 4) is 5.75 Å². The standard InChI is InChI=1S/C11H16O4S/c1-8-6-9(2)11(10(7-8)15-3)16(13,14)5-4-12/h6-7,12H,4-5H2,1-3H3. The minimum Gasteiger partial charge on any atom is -0.495 e. The summed E-state index contributed by atoms with van der Waals surface area (Å²) in [6.45, 7) is 3.20. The molecule has 0 fully saturated rings. The lowest BCUT2D eigenvalue weighted by Gasteiger charge is -2.12. The number of rotatable bonds is 4. The highest BCUT2D eigenvalue weighted by Gasteiger charge is 2.21. The lowest BCUT2D eigenvalue weighted by atomic mass is 10.1. The molecule has 0 unspecified atom stereocenters. The van der Waals surface area contributed by atoms with E-state index in [0.29, 0.717) is 11.3 Å². The van der Waals surface area contributed by atoms with Gasteiger partial charge in [0.2, 0.25) is 0 Å². The molecule has 0 saturated heterocycles. The minimum atomic E-state index is -3.48. The Kier molecular flexibility index (Phi) is 3.93. The van der Waals surface area contributed by atoms with E-state index < -0.39 is 16.4 Å². The number of benzene rings is 1. The van der Waals surface area contributed by atoms with Crippen LogP contribution in [0.15, 0.2) is 17.0 Å². The Hall–Kier alpha value is -1.07. The molecule has 0 heterocycles. The number of aliphatic hydroxyl groups excluding tert-OH is 1. The van der Waals surface area contributed by atoms with Crippen molar-refractivity contribution in [1.29, 1.82) is 0 Å². The van der Waals surface area contributed by atoms with Gasteiger partial charge in [-0.3, -0.25) is 0 Å². The number of aliphatic hydroxyl groups is 1. The Balaban J connectivity index is 3.43. The molecule has 0 spiro atoms. The van der Waals surface area contributed by atoms with E-state index in [1.165, 1.54) is 7.11 Å². The lowest BCUT2D eigenvalue weighted by Crippen LogP contribution is -2.13. The second kappa shape index (κ2) is 4.84. The summed E-state index contributed by atoms with van der Waals surface area (Å²) in [6.07, 6.45) is 0. The second-order valence-corrected chi connectivity index (χ2v) is 5.70. The van der Waals surface area contributed by atoms with Crippen LogP contribution in [0.2, 0.25) is 0 Å². The average Bonchev–Trinajstić information content (AvgIpc) is 2.15. The van der Waals surface area contributed by atoms with Crippen LogP contribution in [-0.2, 0) is 9.84 Å². The van der Waals surface area contributed by atoms with E-state index in [4.69, 9.17) is 9.84 Å². The molecule has 4 nitrogen and oxygen atoms in total. The summed E-state index contributed by atoms with van der Waals surface area (Å²) in [7, 11) is -2.04. The van der Waals surface area contributed by atoms with Crippen LogP contribution in [0.25, 0.3) is 0 Å². The summed E-state index contributed by atoms with van der Waals surface area (Å²) in [5.41, 5.74) is 1.59. The van der Waals surface area contributed by atoms with Crippen LogP contribution >= 0.6 is 0 Å². The lowest BCUT2D eigenvalue weighted by molar-refractivity contribution is 0.319. The number of aryl methyl sites for hydroxylation is 2. The van der Waals surface area contributed by atoms with E-state index in [1.54, 1.807) is 19.1 Å². The summed E-state index contributed by atoms with van der Waals surface area (Å²) in [5, 5.41) is 8.75. The van der Waals surface area contributed by atoms with Gasteiger partial charge in [-0.15, -0.1) is 0 Å². The van der Waals surface area contributed by atoms with Crippen molar-refractivity contribution in [2.24, 2.45) is 0 Å². The third kappa shape index (κ3) is 2.54. The largest absolute Gasteiger partial charge is 0.495 e. The highest BCUT2D eigenvalue weighted by molar-refractivity contribution is 7.91. The average molecular weight is 244 g/mol. The Morgan fingerprint density at radius 1 is 1.31 bits per heavy atom. The van der Waals surface area contributed by atoms with Gasteiger partial charge in [0.1, 0.15) is 10.6 Å². The van der Waals surface area contributed by atoms with E-state index in [0.717, 1.165) is 5.56 Å². The first kappa shape index (κ1) is 13.0. The van der Waals surface area contributed by atoms with Gasteiger partial charge in [-0.05, 0) is 31.0 Å². The van der Waals surface area contributed by atoms with Gasteiger partial charge in [0.25, 0.3) is 0 Å². The Bertz CT molecular complexity index is 477. The molecule has 0 aliphatic carbocycles. The predicted octanol–water partition coefficient (Wildman–Crippen LogP) is 1.08. The maximum absolute atomic E-state index is 11.9. The van der Waals surface area contributed by atoms with Gasteiger partial charge in [0.15, 0.2) is 9.84 Å². The molecular weight excluding hydrogens is 228 g/mol. The van der Waals surface area contributed by atoms with Crippen molar-refractivity contribution in [3.05, 3.63) is 23.3 Å². The van der Waals surface area contributed by atoms with Gasteiger partial charge < -0.3 is 9.84 Å². The van der Waals surface area contributed by atoms with Crippen LogP contribution in [0.1, 0.15) is 11.1 Å². The third-order valence-electron chi connectivity index (χ3n) is 2.28. The maximum Gasteiger partial charge on any atom is 0.184 e. The van der Waals surface area contributed by atoms with E-state index in [2.05, 4.69) is 0 Å². The third-order valence-corrected chi connectivity index (χ3v) is 4.14. The molecule has 0 amide bonds. The van der Waals surface area contributed by atoms with Crippen LogP contribution < -0.4 is 4.74 Å². The fraction of sp³-hybridized carbons (Fsp3) is 0.455. The SMILES string of the molecule is COc1cc(C)cc(C)c1S(=O)(=O)CCO. The molecule has 0 aliphatic rings. The molecule has 0 bridgehead atoms. The van der Waals surface area contributed by atoms with Crippen LogP contribution in [0.3, 0.4) is 0 Å². The van der Waals surface area contributed by atoms with Gasteiger partial charge in [-0.25, -0.2) is 8.42 Å². The van der Waals surface area contributed by atoms with Crippen molar-refractivity contribution < 1.29 is 18.3 Å². The molecule has 0 atom stereocenters. The van der Waals surface area contributed by atoms with E-state index in [1.807, 2.05) is 6.92 Å². The van der Waals surface area contributed by atoms with Gasteiger partial charge >= 0.3 is 0 Å². The molecule has 0 aliphatic heterocycles. The quantitative estimate of drug-likeness (QED) is 0.860. The summed E-state index contributed by atoms with van der Waals surface area (Å²) < 4.78 is 28.9. The van der Waals surface area contributed by atoms with Crippen molar-refractivity contribution in [2.45, 2.75) is 18.7 Å². The first-order chi connectivity index (χ1) is 7.42. The van der Waals surface area contributed by atoms with Crippen LogP contribution in [0, 0.1) is 13.8 Å². The summed E-state index contributed by atoms with van der Waals surface area (Å²) in [5.74, 6) is 0.0544. The maximum atomic E-state index is 11.9. The zero-order valence-corrected chi connectivity index (χ0v) is 10.5. The molecule has 5 heteroatoms. The van der Waals surface area contributed by atoms with E-state index >= 15 is 0 Å². The zero-order valence-electron chi connectivity index (χ0n) is 9.65. The number of sulfone groups is 1. The second-order valence-electron chi connectivity index (χ2n) is 3.66. The first-order valence-corrected chi connectivity index (χ1v) is 6.56. The molecule has 1 aromatic rings. The number of hydrogen-bond donors (Lipinski definition) is 1. The molecule has 16 heavy (non-hydrogen) atoms. The number of methoxy groups -OCH3 is 1. The topological polar surface area (TPSA) is 63.6 Å². The first-order valence-electron chi connectivity index (χ1n) is 4.91. The van der Waals surface area contributed by atoms with Crippen molar-refractivity contribution in [3.63, 3.8) is 0 Å². The summed E-state index contributed by atoms with van der Waals surface area (Å²) >= 11 is 0. The molecule has 0 aromatic heterocycles. The van der Waals surface area contributed by atoms with E-state index in [-0.39, 0.29) is 10.6 Å². The monoisotopic (exact) mass is 244 g/mol. The van der Waals surface area contributed by atoms with Gasteiger partial charge in [-0.1, -0.05) is 6.07 Å². The summed E-state index contributed by atoms with van der Waals surface area (Å²) in [4.78, 5) is 0.176. The van der Waals surface area contributed by atoms with Crippen LogP contribution in [0.4, 0.5) is 0 Å². The van der Waals surface area contributed by atoms with Crippen LogP contribution in [-0.4, -0.2) is 33.0 Å². The normalized spacial score (nSPS) is 11.5. The number of ether oxygens (including phenoxy) is 1. The minimum absolute atomic E-state index is 0.176. The molecule has 0 saturated carbocycles. The highest BCUT2D eigenvalue weighted by atomic mass is 32.2. The van der Waals surface area contributed by atoms with Crippen molar-refractivity contribution in [1.82, 2.24) is 0 Å². The van der Waals surface area contributed by atoms with Gasteiger partial charge in [0, 0.05) is 0 Å². The zero-order chi connectivity index (χ0) is 12.3. The Morgan fingerprint density at radius 2 is 1.94 bits per heavy atom. The fourth-order valence-corrected chi connectivity index (χ4v) is 3.13. The smallest absolute Gasteiger partial charge is 0.184 e. The summed E-state index contributed by atoms with van der Waals surface area (Å²) in [6, 6.07) is 3.46. The van der Waals surface area contributed by atoms with Crippen LogP contribution in [0.5, 0.6) is 5.75 Å². The van der Waals surface area contributed by atoms with Gasteiger partial charge in [0.05, 0.1) is 19.5 Å². The molecule has 1 N–H and O–H groups in total. The molecule has 0 radical (unpaired) electrons. The van der Waals surface area contributed by atoms with Gasteiger partial charge in [-0.2, -0.15) is 0 Å². The molecule has 1 rings (SSSR count). The molecule has 1 aromatic carbocycles.